The Kier molecular flexibility index (Phi) is 6.40. The number of benzene rings is 2. The van der Waals surface area contributed by atoms with Crippen LogP contribution in [0.15, 0.2) is 48.5 Å². The second-order valence-electron chi connectivity index (χ2n) is 6.99. The van der Waals surface area contributed by atoms with Crippen molar-refractivity contribution in [1.82, 2.24) is 0 Å². The lowest BCUT2D eigenvalue weighted by molar-refractivity contribution is -0.125. The van der Waals surface area contributed by atoms with Crippen LogP contribution in [0.25, 0.3) is 0 Å². The van der Waals surface area contributed by atoms with Crippen molar-refractivity contribution >= 4 is 23.2 Å². The first-order chi connectivity index (χ1) is 13.0. The zero-order valence-electron chi connectivity index (χ0n) is 15.8. The van der Waals surface area contributed by atoms with Gasteiger partial charge in [0.2, 0.25) is 5.91 Å². The van der Waals surface area contributed by atoms with E-state index in [1.165, 1.54) is 0 Å². The largest absolute Gasteiger partial charge is 0.491 e. The Labute approximate surface area is 165 Å². The van der Waals surface area contributed by atoms with E-state index in [-0.39, 0.29) is 12.0 Å². The van der Waals surface area contributed by atoms with Gasteiger partial charge in [0, 0.05) is 23.9 Å². The van der Waals surface area contributed by atoms with Gasteiger partial charge in [0.25, 0.3) is 0 Å². The number of hydrogen-bond acceptors (Lipinski definition) is 3. The highest BCUT2D eigenvalue weighted by Crippen LogP contribution is 2.39. The van der Waals surface area contributed by atoms with Gasteiger partial charge in [-0.05, 0) is 62.1 Å². The molecule has 0 spiro atoms. The maximum Gasteiger partial charge on any atom is 0.235 e. The molecule has 1 saturated heterocycles. The zero-order chi connectivity index (χ0) is 19.3. The lowest BCUT2D eigenvalue weighted by atomic mass is 9.73. The molecule has 1 atom stereocenters. The summed E-state index contributed by atoms with van der Waals surface area (Å²) in [6, 6.07) is 15.1. The molecule has 1 N–H and O–H groups in total. The number of anilines is 1. The van der Waals surface area contributed by atoms with Gasteiger partial charge in [0.1, 0.15) is 5.75 Å². The van der Waals surface area contributed by atoms with E-state index in [2.05, 4.69) is 12.2 Å². The highest BCUT2D eigenvalue weighted by atomic mass is 35.5. The first kappa shape index (κ1) is 19.7. The lowest BCUT2D eigenvalue weighted by Crippen LogP contribution is -2.45. The highest BCUT2D eigenvalue weighted by Gasteiger charge is 2.43. The van der Waals surface area contributed by atoms with Crippen molar-refractivity contribution < 1.29 is 14.3 Å². The fourth-order valence-corrected chi connectivity index (χ4v) is 3.69. The van der Waals surface area contributed by atoms with Crippen LogP contribution in [0.1, 0.15) is 38.7 Å². The van der Waals surface area contributed by atoms with Crippen molar-refractivity contribution in [2.45, 2.75) is 44.6 Å². The van der Waals surface area contributed by atoms with Gasteiger partial charge in [0.05, 0.1) is 11.5 Å². The van der Waals surface area contributed by atoms with Crippen molar-refractivity contribution in [3.8, 4) is 5.75 Å². The Balaban J connectivity index is 1.80. The van der Waals surface area contributed by atoms with Crippen molar-refractivity contribution in [1.29, 1.82) is 0 Å². The summed E-state index contributed by atoms with van der Waals surface area (Å²) in [5.41, 5.74) is 0.932. The molecule has 0 bridgehead atoms. The van der Waals surface area contributed by atoms with Crippen LogP contribution >= 0.6 is 11.6 Å². The van der Waals surface area contributed by atoms with Crippen molar-refractivity contribution in [2.24, 2.45) is 0 Å². The zero-order valence-corrected chi connectivity index (χ0v) is 16.6. The molecule has 27 heavy (non-hydrogen) atoms. The van der Waals surface area contributed by atoms with Crippen LogP contribution in [0.3, 0.4) is 0 Å². The number of carbonyl (C=O) groups excluding carboxylic acids is 1. The quantitative estimate of drug-likeness (QED) is 0.740. The summed E-state index contributed by atoms with van der Waals surface area (Å²) in [5.74, 6) is 0.753. The molecule has 0 radical (unpaired) electrons. The Morgan fingerprint density at radius 1 is 1.19 bits per heavy atom. The topological polar surface area (TPSA) is 47.6 Å². The summed E-state index contributed by atoms with van der Waals surface area (Å²) >= 11 is 6.44. The summed E-state index contributed by atoms with van der Waals surface area (Å²) < 4.78 is 11.3. The van der Waals surface area contributed by atoms with Crippen molar-refractivity contribution in [3.05, 3.63) is 59.1 Å². The Hall–Kier alpha value is -2.04. The summed E-state index contributed by atoms with van der Waals surface area (Å²) in [7, 11) is 0. The average molecular weight is 388 g/mol. The molecule has 0 saturated carbocycles. The van der Waals surface area contributed by atoms with Crippen LogP contribution in [0.2, 0.25) is 5.02 Å². The molecular formula is C22H26ClNO3. The minimum Gasteiger partial charge on any atom is -0.491 e. The summed E-state index contributed by atoms with van der Waals surface area (Å²) in [6.07, 6.45) is 2.33. The predicted octanol–water partition coefficient (Wildman–Crippen LogP) is 5.20. The number of carbonyl (C=O) groups is 1. The fourth-order valence-electron chi connectivity index (χ4n) is 3.37. The molecule has 1 unspecified atom stereocenters. The van der Waals surface area contributed by atoms with Gasteiger partial charge in [-0.25, -0.2) is 0 Å². The first-order valence-corrected chi connectivity index (χ1v) is 9.84. The molecule has 4 nitrogen and oxygen atoms in total. The molecule has 1 aliphatic rings. The highest BCUT2D eigenvalue weighted by molar-refractivity contribution is 6.31. The van der Waals surface area contributed by atoms with Crippen LogP contribution < -0.4 is 10.1 Å². The van der Waals surface area contributed by atoms with Gasteiger partial charge in [-0.1, -0.05) is 36.7 Å². The molecule has 3 rings (SSSR count). The molecule has 1 aliphatic heterocycles. The van der Waals surface area contributed by atoms with Crippen LogP contribution in [0.5, 0.6) is 5.75 Å². The van der Waals surface area contributed by atoms with E-state index >= 15 is 0 Å². The number of ether oxygens (including phenoxy) is 2. The van der Waals surface area contributed by atoms with E-state index in [0.29, 0.717) is 31.1 Å². The minimum atomic E-state index is -0.678. The van der Waals surface area contributed by atoms with Gasteiger partial charge >= 0.3 is 0 Å². The number of nitrogens with one attached hydrogen (secondary N) is 1. The van der Waals surface area contributed by atoms with E-state index in [4.69, 9.17) is 21.1 Å². The SMILES string of the molecule is CCC(C)Oc1ccc(NC(=O)C2(c3ccccc3Cl)CCOCC2)cc1. The third-order valence-corrected chi connectivity index (χ3v) is 5.52. The third kappa shape index (κ3) is 4.45. The standard InChI is InChI=1S/C22H26ClNO3/c1-3-16(2)27-18-10-8-17(9-11-18)24-21(25)22(12-14-26-15-13-22)19-6-4-5-7-20(19)23/h4-11,16H,3,12-15H2,1-2H3,(H,24,25). The molecule has 1 amide bonds. The molecular weight excluding hydrogens is 362 g/mol. The number of amides is 1. The molecule has 1 fully saturated rings. The van der Waals surface area contributed by atoms with Crippen LogP contribution in [-0.4, -0.2) is 25.2 Å². The second kappa shape index (κ2) is 8.77. The van der Waals surface area contributed by atoms with E-state index in [9.17, 15) is 4.79 Å². The predicted molar refractivity (Wildman–Crippen MR) is 109 cm³/mol. The van der Waals surface area contributed by atoms with E-state index in [0.717, 1.165) is 23.4 Å². The minimum absolute atomic E-state index is 0.0468. The lowest BCUT2D eigenvalue weighted by Gasteiger charge is -2.36. The summed E-state index contributed by atoms with van der Waals surface area (Å²) in [5, 5.41) is 3.68. The molecule has 144 valence electrons. The van der Waals surface area contributed by atoms with E-state index in [1.54, 1.807) is 0 Å². The molecule has 2 aromatic carbocycles. The van der Waals surface area contributed by atoms with E-state index < -0.39 is 5.41 Å². The number of halogens is 1. The van der Waals surface area contributed by atoms with Crippen LogP contribution in [-0.2, 0) is 14.9 Å². The third-order valence-electron chi connectivity index (χ3n) is 5.19. The molecule has 1 heterocycles. The van der Waals surface area contributed by atoms with Crippen molar-refractivity contribution in [3.63, 3.8) is 0 Å². The molecule has 2 aromatic rings. The average Bonchev–Trinajstić information content (AvgIpc) is 2.70. The van der Waals surface area contributed by atoms with E-state index in [1.807, 2.05) is 55.5 Å². The maximum absolute atomic E-state index is 13.3. The summed E-state index contributed by atoms with van der Waals surface area (Å²) in [4.78, 5) is 13.3. The maximum atomic E-state index is 13.3. The molecule has 0 aromatic heterocycles. The van der Waals surface area contributed by atoms with Crippen molar-refractivity contribution in [2.75, 3.05) is 18.5 Å². The van der Waals surface area contributed by atoms with Gasteiger partial charge in [-0.3, -0.25) is 4.79 Å². The Bertz CT molecular complexity index is 769. The Morgan fingerprint density at radius 3 is 2.48 bits per heavy atom. The fraction of sp³-hybridized carbons (Fsp3) is 0.409. The normalized spacial score (nSPS) is 17.1. The number of rotatable bonds is 6. The second-order valence-corrected chi connectivity index (χ2v) is 7.40. The van der Waals surface area contributed by atoms with Gasteiger partial charge in [-0.15, -0.1) is 0 Å². The monoisotopic (exact) mass is 387 g/mol. The molecule has 5 heteroatoms. The van der Waals surface area contributed by atoms with Gasteiger partial charge in [-0.2, -0.15) is 0 Å². The first-order valence-electron chi connectivity index (χ1n) is 9.46. The Morgan fingerprint density at radius 2 is 1.85 bits per heavy atom. The number of hydrogen-bond donors (Lipinski definition) is 1. The summed E-state index contributed by atoms with van der Waals surface area (Å²) in [6.45, 7) is 5.20. The van der Waals surface area contributed by atoms with Gasteiger partial charge in [0.15, 0.2) is 0 Å². The van der Waals surface area contributed by atoms with Crippen LogP contribution in [0.4, 0.5) is 5.69 Å². The van der Waals surface area contributed by atoms with Gasteiger partial charge < -0.3 is 14.8 Å². The van der Waals surface area contributed by atoms with Crippen LogP contribution in [0, 0.1) is 0 Å². The smallest absolute Gasteiger partial charge is 0.235 e. The molecule has 0 aliphatic carbocycles.